The normalized spacial score (nSPS) is 12.1. The average molecular weight is 367 g/mol. The van der Waals surface area contributed by atoms with Crippen LogP contribution in [0.15, 0.2) is 52.9 Å². The highest BCUT2D eigenvalue weighted by Gasteiger charge is 2.17. The molecule has 0 fully saturated rings. The number of hydrogen-bond donors (Lipinski definition) is 2. The quantitative estimate of drug-likeness (QED) is 0.718. The number of aliphatic hydroxyl groups is 1. The fraction of sp³-hybridized carbons (Fsp3) is 0.150. The third-order valence-corrected chi connectivity index (χ3v) is 4.18. The Morgan fingerprint density at radius 3 is 2.74 bits per heavy atom. The highest BCUT2D eigenvalue weighted by molar-refractivity contribution is 6.05. The van der Waals surface area contributed by atoms with Crippen molar-refractivity contribution >= 4 is 11.6 Å². The fourth-order valence-corrected chi connectivity index (χ4v) is 2.82. The van der Waals surface area contributed by atoms with Crippen LogP contribution in [-0.2, 0) is 6.61 Å². The fourth-order valence-electron chi connectivity index (χ4n) is 2.82. The molecule has 7 nitrogen and oxygen atoms in total. The van der Waals surface area contributed by atoms with Crippen LogP contribution in [0.25, 0.3) is 11.3 Å². The van der Waals surface area contributed by atoms with Crippen LogP contribution in [0.3, 0.4) is 0 Å². The van der Waals surface area contributed by atoms with Crippen molar-refractivity contribution in [2.24, 2.45) is 0 Å². The molecule has 1 aromatic heterocycles. The number of ether oxygens (including phenoxy) is 3. The number of amides is 1. The van der Waals surface area contributed by atoms with Gasteiger partial charge in [0.1, 0.15) is 23.9 Å². The zero-order chi connectivity index (χ0) is 18.8. The second-order valence-electron chi connectivity index (χ2n) is 5.86. The van der Waals surface area contributed by atoms with Crippen molar-refractivity contribution in [1.82, 2.24) is 0 Å². The molecule has 2 heterocycles. The molecule has 0 unspecified atom stereocenters. The summed E-state index contributed by atoms with van der Waals surface area (Å²) < 4.78 is 21.5. The molecule has 0 atom stereocenters. The molecular formula is C20H17NO6. The molecule has 0 radical (unpaired) electrons. The lowest BCUT2D eigenvalue weighted by atomic mass is 10.1. The van der Waals surface area contributed by atoms with E-state index in [0.29, 0.717) is 40.0 Å². The van der Waals surface area contributed by atoms with E-state index in [1.165, 1.54) is 7.11 Å². The summed E-state index contributed by atoms with van der Waals surface area (Å²) >= 11 is 0. The maximum Gasteiger partial charge on any atom is 0.255 e. The summed E-state index contributed by atoms with van der Waals surface area (Å²) in [5, 5.41) is 12.0. The number of carbonyl (C=O) groups is 1. The lowest BCUT2D eigenvalue weighted by Gasteiger charge is -2.11. The Hall–Kier alpha value is -3.45. The van der Waals surface area contributed by atoms with Gasteiger partial charge in [-0.05, 0) is 42.5 Å². The Labute approximate surface area is 155 Å². The molecule has 4 rings (SSSR count). The zero-order valence-electron chi connectivity index (χ0n) is 14.5. The molecule has 0 bridgehead atoms. The second kappa shape index (κ2) is 7.05. The number of furan rings is 1. The number of nitrogens with one attached hydrogen (secondary N) is 1. The Balaban J connectivity index is 1.56. The summed E-state index contributed by atoms with van der Waals surface area (Å²) in [4.78, 5) is 12.5. The number of fused-ring (bicyclic) bond motifs is 1. The monoisotopic (exact) mass is 367 g/mol. The third kappa shape index (κ3) is 3.32. The second-order valence-corrected chi connectivity index (χ2v) is 5.86. The van der Waals surface area contributed by atoms with Crippen molar-refractivity contribution in [2.45, 2.75) is 6.61 Å². The van der Waals surface area contributed by atoms with E-state index in [1.54, 1.807) is 48.5 Å². The highest BCUT2D eigenvalue weighted by atomic mass is 16.7. The number of hydrogen-bond acceptors (Lipinski definition) is 6. The van der Waals surface area contributed by atoms with Gasteiger partial charge in [0.15, 0.2) is 11.5 Å². The molecule has 1 aliphatic rings. The van der Waals surface area contributed by atoms with Gasteiger partial charge in [-0.1, -0.05) is 0 Å². The van der Waals surface area contributed by atoms with E-state index in [0.717, 1.165) is 5.56 Å². The van der Waals surface area contributed by atoms with Gasteiger partial charge in [-0.3, -0.25) is 4.79 Å². The van der Waals surface area contributed by atoms with E-state index >= 15 is 0 Å². The molecule has 0 aliphatic carbocycles. The predicted molar refractivity (Wildman–Crippen MR) is 97.1 cm³/mol. The molecule has 1 amide bonds. The lowest BCUT2D eigenvalue weighted by molar-refractivity contribution is 0.102. The molecule has 2 aromatic carbocycles. The number of methoxy groups -OCH3 is 1. The molecule has 2 N–H and O–H groups in total. The maximum atomic E-state index is 12.5. The van der Waals surface area contributed by atoms with Crippen LogP contribution < -0.4 is 19.5 Å². The van der Waals surface area contributed by atoms with Gasteiger partial charge in [0.05, 0.1) is 12.7 Å². The van der Waals surface area contributed by atoms with E-state index in [1.807, 2.05) is 0 Å². The van der Waals surface area contributed by atoms with E-state index in [-0.39, 0.29) is 19.3 Å². The summed E-state index contributed by atoms with van der Waals surface area (Å²) in [6, 6.07) is 13.7. The molecule has 27 heavy (non-hydrogen) atoms. The van der Waals surface area contributed by atoms with Crippen molar-refractivity contribution in [3.05, 3.63) is 59.9 Å². The van der Waals surface area contributed by atoms with Gasteiger partial charge in [0.2, 0.25) is 6.79 Å². The van der Waals surface area contributed by atoms with E-state index in [9.17, 15) is 4.79 Å². The van der Waals surface area contributed by atoms with Crippen LogP contribution in [0.4, 0.5) is 5.69 Å². The summed E-state index contributed by atoms with van der Waals surface area (Å²) in [5.41, 5.74) is 1.76. The predicted octanol–water partition coefficient (Wildman–Crippen LogP) is 3.43. The van der Waals surface area contributed by atoms with E-state index < -0.39 is 0 Å². The summed E-state index contributed by atoms with van der Waals surface area (Å²) in [7, 11) is 1.54. The molecule has 0 saturated carbocycles. The third-order valence-electron chi connectivity index (χ3n) is 4.18. The summed E-state index contributed by atoms with van der Waals surface area (Å²) in [6.07, 6.45) is 0. The number of carbonyl (C=O) groups excluding carboxylic acids is 1. The van der Waals surface area contributed by atoms with Gasteiger partial charge in [-0.15, -0.1) is 0 Å². The highest BCUT2D eigenvalue weighted by Crippen LogP contribution is 2.35. The number of rotatable bonds is 5. The average Bonchev–Trinajstić information content (AvgIpc) is 3.36. The van der Waals surface area contributed by atoms with Crippen molar-refractivity contribution in [1.29, 1.82) is 0 Å². The molecule has 0 spiro atoms. The molecule has 7 heteroatoms. The molecule has 138 valence electrons. The van der Waals surface area contributed by atoms with Crippen LogP contribution >= 0.6 is 0 Å². The number of aliphatic hydroxyl groups excluding tert-OH is 1. The standard InChI is InChI=1S/C20H17NO6/c1-24-18-9-13(3-5-15(18)16-7-4-14(10-22)27-16)21-20(23)12-2-6-17-19(8-12)26-11-25-17/h2-9,22H,10-11H2,1H3,(H,21,23). The SMILES string of the molecule is COc1cc(NC(=O)c2ccc3c(c2)OCO3)ccc1-c1ccc(CO)o1. The van der Waals surface area contributed by atoms with Gasteiger partial charge in [-0.2, -0.15) is 0 Å². The van der Waals surface area contributed by atoms with Crippen LogP contribution in [0, 0.1) is 0 Å². The van der Waals surface area contributed by atoms with Gasteiger partial charge in [0, 0.05) is 17.3 Å². The van der Waals surface area contributed by atoms with Crippen molar-refractivity contribution < 1.29 is 28.5 Å². The first-order chi connectivity index (χ1) is 13.2. The summed E-state index contributed by atoms with van der Waals surface area (Å²) in [5.74, 6) is 2.48. The van der Waals surface area contributed by atoms with Crippen LogP contribution in [0.1, 0.15) is 16.1 Å². The van der Waals surface area contributed by atoms with Gasteiger partial charge < -0.3 is 29.1 Å². The molecule has 3 aromatic rings. The van der Waals surface area contributed by atoms with Gasteiger partial charge in [-0.25, -0.2) is 0 Å². The van der Waals surface area contributed by atoms with E-state index in [2.05, 4.69) is 5.32 Å². The van der Waals surface area contributed by atoms with Crippen LogP contribution in [-0.4, -0.2) is 24.9 Å². The number of anilines is 1. The van der Waals surface area contributed by atoms with Crippen LogP contribution in [0.5, 0.6) is 17.2 Å². The van der Waals surface area contributed by atoms with Crippen molar-refractivity contribution in [3.8, 4) is 28.6 Å². The van der Waals surface area contributed by atoms with Crippen molar-refractivity contribution in [3.63, 3.8) is 0 Å². The Morgan fingerprint density at radius 2 is 1.96 bits per heavy atom. The first kappa shape index (κ1) is 17.0. The van der Waals surface area contributed by atoms with Gasteiger partial charge >= 0.3 is 0 Å². The van der Waals surface area contributed by atoms with Crippen molar-refractivity contribution in [2.75, 3.05) is 19.2 Å². The van der Waals surface area contributed by atoms with Crippen LogP contribution in [0.2, 0.25) is 0 Å². The molecular weight excluding hydrogens is 350 g/mol. The molecule has 0 saturated heterocycles. The summed E-state index contributed by atoms with van der Waals surface area (Å²) in [6.45, 7) is -0.0180. The minimum absolute atomic E-state index is 0.157. The maximum absolute atomic E-state index is 12.5. The lowest BCUT2D eigenvalue weighted by Crippen LogP contribution is -2.11. The topological polar surface area (TPSA) is 90.2 Å². The largest absolute Gasteiger partial charge is 0.496 e. The van der Waals surface area contributed by atoms with Gasteiger partial charge in [0.25, 0.3) is 5.91 Å². The molecule has 1 aliphatic heterocycles. The zero-order valence-corrected chi connectivity index (χ0v) is 14.5. The Morgan fingerprint density at radius 1 is 1.11 bits per heavy atom. The minimum Gasteiger partial charge on any atom is -0.496 e. The number of benzene rings is 2. The Bertz CT molecular complexity index is 994. The smallest absolute Gasteiger partial charge is 0.255 e. The Kier molecular flexibility index (Phi) is 4.43. The first-order valence-electron chi connectivity index (χ1n) is 8.27. The first-order valence-corrected chi connectivity index (χ1v) is 8.27. The van der Waals surface area contributed by atoms with E-state index in [4.69, 9.17) is 23.7 Å². The minimum atomic E-state index is -0.274.